The number of halogens is 5. The van der Waals surface area contributed by atoms with Crippen LogP contribution in [0.4, 0.5) is 38.3 Å². The average molecular weight is 891 g/mol. The van der Waals surface area contributed by atoms with Crippen molar-refractivity contribution in [2.45, 2.75) is 117 Å². The fraction of sp³-hybridized carbons (Fsp3) is 0.447. The molecule has 5 heterocycles. The van der Waals surface area contributed by atoms with Crippen LogP contribution in [-0.2, 0) is 24.0 Å². The number of pyridine rings is 1. The zero-order valence-electron chi connectivity index (χ0n) is 37.1. The van der Waals surface area contributed by atoms with Crippen molar-refractivity contribution < 1.29 is 50.4 Å². The fourth-order valence-electron chi connectivity index (χ4n) is 9.15. The summed E-state index contributed by atoms with van der Waals surface area (Å²) in [6, 6.07) is 13.5. The molecule has 0 unspecified atom stereocenters. The molecule has 2 bridgehead atoms. The first-order chi connectivity index (χ1) is 30.3. The SMILES string of the molecule is COc1ccc(CN(Cc2ccc(OC)cc2)c2cc(-c3nc4c5c(nc(OC(C)C)nc5c3F)N3C[C@H]5CC[C@@H]([C@H]3[C@H](C)O4)N5C(=O)OC(C)(C)C)c(C(F)(F)F)c(C)c2F)cc1. The molecule has 12 nitrogen and oxygen atoms in total. The summed E-state index contributed by atoms with van der Waals surface area (Å²) in [5.41, 5.74) is -3.60. The molecule has 17 heteroatoms. The van der Waals surface area contributed by atoms with Gasteiger partial charge in [0.15, 0.2) is 5.82 Å². The zero-order chi connectivity index (χ0) is 46.0. The van der Waals surface area contributed by atoms with Crippen molar-refractivity contribution >= 4 is 28.5 Å². The van der Waals surface area contributed by atoms with E-state index >= 15 is 22.0 Å². The first-order valence-corrected chi connectivity index (χ1v) is 21.2. The Morgan fingerprint density at radius 2 is 1.52 bits per heavy atom. The first kappa shape index (κ1) is 44.5. The molecule has 3 aliphatic rings. The second-order valence-electron chi connectivity index (χ2n) is 17.8. The molecule has 8 rings (SSSR count). The molecule has 4 atom stereocenters. The number of aromatic nitrogens is 3. The number of fused-ring (bicyclic) bond motifs is 5. The van der Waals surface area contributed by atoms with Gasteiger partial charge in [-0.25, -0.2) is 18.6 Å². The predicted octanol–water partition coefficient (Wildman–Crippen LogP) is 10.0. The summed E-state index contributed by atoms with van der Waals surface area (Å²) in [5, 5.41) is 0.0325. The Morgan fingerprint density at radius 1 is 0.906 bits per heavy atom. The van der Waals surface area contributed by atoms with Gasteiger partial charge in [-0.05, 0) is 108 Å². The van der Waals surface area contributed by atoms with Crippen LogP contribution in [-0.4, -0.2) is 82.6 Å². The van der Waals surface area contributed by atoms with Crippen LogP contribution in [0.5, 0.6) is 23.4 Å². The largest absolute Gasteiger partial charge is 0.497 e. The van der Waals surface area contributed by atoms with Gasteiger partial charge in [0.2, 0.25) is 5.88 Å². The molecule has 5 aromatic rings. The Morgan fingerprint density at radius 3 is 2.06 bits per heavy atom. The number of nitrogens with zero attached hydrogens (tertiary/aromatic N) is 6. The van der Waals surface area contributed by atoms with Gasteiger partial charge in [0.05, 0.1) is 49.7 Å². The lowest BCUT2D eigenvalue weighted by molar-refractivity contribution is -0.137. The van der Waals surface area contributed by atoms with E-state index in [1.807, 2.05) is 4.90 Å². The number of hydrogen-bond acceptors (Lipinski definition) is 11. The molecule has 3 aromatic carbocycles. The van der Waals surface area contributed by atoms with E-state index in [2.05, 4.69) is 9.97 Å². The third-order valence-electron chi connectivity index (χ3n) is 11.8. The zero-order valence-corrected chi connectivity index (χ0v) is 37.1. The van der Waals surface area contributed by atoms with E-state index in [0.29, 0.717) is 35.5 Å². The number of alkyl halides is 3. The Balaban J connectivity index is 1.32. The topological polar surface area (TPSA) is 112 Å². The van der Waals surface area contributed by atoms with Crippen molar-refractivity contribution in [1.82, 2.24) is 19.9 Å². The van der Waals surface area contributed by atoms with E-state index in [9.17, 15) is 4.79 Å². The van der Waals surface area contributed by atoms with Gasteiger partial charge in [0, 0.05) is 25.2 Å². The molecule has 2 fully saturated rings. The van der Waals surface area contributed by atoms with Crippen LogP contribution in [0.25, 0.3) is 22.2 Å². The molecular weight excluding hydrogens is 840 g/mol. The number of piperazine rings is 1. The van der Waals surface area contributed by atoms with Crippen LogP contribution in [0, 0.1) is 18.6 Å². The van der Waals surface area contributed by atoms with Gasteiger partial charge >= 0.3 is 18.3 Å². The number of carbonyl (C=O) groups excluding carboxylic acids is 1. The maximum Gasteiger partial charge on any atom is 0.417 e. The minimum Gasteiger partial charge on any atom is -0.497 e. The summed E-state index contributed by atoms with van der Waals surface area (Å²) in [7, 11) is 3.04. The van der Waals surface area contributed by atoms with Gasteiger partial charge in [-0.15, -0.1) is 0 Å². The molecule has 0 radical (unpaired) electrons. The van der Waals surface area contributed by atoms with Crippen LogP contribution >= 0.6 is 0 Å². The number of carbonyl (C=O) groups is 1. The van der Waals surface area contributed by atoms with Crippen LogP contribution in [0.15, 0.2) is 54.6 Å². The minimum absolute atomic E-state index is 0.0325. The highest BCUT2D eigenvalue weighted by atomic mass is 19.4. The second-order valence-corrected chi connectivity index (χ2v) is 17.8. The summed E-state index contributed by atoms with van der Waals surface area (Å²) in [4.78, 5) is 32.7. The van der Waals surface area contributed by atoms with E-state index in [-0.39, 0.29) is 60.0 Å². The van der Waals surface area contributed by atoms with Gasteiger partial charge < -0.3 is 33.5 Å². The predicted molar refractivity (Wildman–Crippen MR) is 230 cm³/mol. The number of amides is 1. The summed E-state index contributed by atoms with van der Waals surface area (Å²) in [6.07, 6.45) is -5.61. The Labute approximate surface area is 368 Å². The van der Waals surface area contributed by atoms with E-state index in [0.717, 1.165) is 13.0 Å². The molecule has 1 amide bonds. The lowest BCUT2D eigenvalue weighted by Crippen LogP contribution is -2.65. The first-order valence-electron chi connectivity index (χ1n) is 21.2. The molecule has 2 aromatic heterocycles. The summed E-state index contributed by atoms with van der Waals surface area (Å²) in [5.74, 6) is -1.20. The van der Waals surface area contributed by atoms with Gasteiger partial charge in [0.25, 0.3) is 0 Å². The van der Waals surface area contributed by atoms with Gasteiger partial charge in [0.1, 0.15) is 51.4 Å². The van der Waals surface area contributed by atoms with E-state index in [1.165, 1.54) is 14.2 Å². The third-order valence-corrected chi connectivity index (χ3v) is 11.8. The van der Waals surface area contributed by atoms with Gasteiger partial charge in [-0.1, -0.05) is 24.3 Å². The monoisotopic (exact) mass is 890 g/mol. The van der Waals surface area contributed by atoms with E-state index < -0.39 is 76.2 Å². The van der Waals surface area contributed by atoms with Crippen LogP contribution in [0.1, 0.15) is 76.6 Å². The molecule has 0 aliphatic carbocycles. The molecule has 64 heavy (non-hydrogen) atoms. The number of anilines is 2. The maximum absolute atomic E-state index is 17.7. The third kappa shape index (κ3) is 8.36. The molecule has 0 spiro atoms. The number of ether oxygens (including phenoxy) is 5. The summed E-state index contributed by atoms with van der Waals surface area (Å²) < 4.78 is 110. The number of rotatable bonds is 10. The summed E-state index contributed by atoms with van der Waals surface area (Å²) in [6.45, 7) is 12.0. The summed E-state index contributed by atoms with van der Waals surface area (Å²) >= 11 is 0. The normalized spacial score (nSPS) is 19.3. The number of benzene rings is 3. The fourth-order valence-corrected chi connectivity index (χ4v) is 9.15. The quantitative estimate of drug-likeness (QED) is 0.125. The van der Waals surface area contributed by atoms with Crippen molar-refractivity contribution in [3.63, 3.8) is 0 Å². The molecule has 3 aliphatic heterocycles. The highest BCUT2D eigenvalue weighted by Crippen LogP contribution is 2.49. The molecular formula is C47H51F5N6O6. The van der Waals surface area contributed by atoms with Gasteiger partial charge in [-0.2, -0.15) is 23.1 Å². The maximum atomic E-state index is 17.7. The van der Waals surface area contributed by atoms with Crippen molar-refractivity contribution in [3.8, 4) is 34.6 Å². The van der Waals surface area contributed by atoms with E-state index in [4.69, 9.17) is 28.7 Å². The minimum atomic E-state index is -5.16. The van der Waals surface area contributed by atoms with Crippen LogP contribution in [0.2, 0.25) is 0 Å². The van der Waals surface area contributed by atoms with Crippen LogP contribution in [0.3, 0.4) is 0 Å². The number of methoxy groups -OCH3 is 2. The molecule has 0 N–H and O–H groups in total. The Kier molecular flexibility index (Phi) is 11.7. The second kappa shape index (κ2) is 16.8. The Bertz CT molecular complexity index is 2520. The smallest absolute Gasteiger partial charge is 0.417 e. The van der Waals surface area contributed by atoms with Gasteiger partial charge in [-0.3, -0.25) is 4.90 Å². The molecule has 0 saturated carbocycles. The van der Waals surface area contributed by atoms with Crippen molar-refractivity contribution in [2.75, 3.05) is 30.6 Å². The lowest BCUT2D eigenvalue weighted by Gasteiger charge is -2.48. The van der Waals surface area contributed by atoms with Crippen molar-refractivity contribution in [1.29, 1.82) is 0 Å². The highest BCUT2D eigenvalue weighted by molar-refractivity contribution is 5.98. The van der Waals surface area contributed by atoms with Crippen molar-refractivity contribution in [2.24, 2.45) is 0 Å². The van der Waals surface area contributed by atoms with Crippen molar-refractivity contribution in [3.05, 3.63) is 88.5 Å². The number of hydrogen-bond donors (Lipinski definition) is 0. The average Bonchev–Trinajstić information content (AvgIpc) is 3.48. The highest BCUT2D eigenvalue weighted by Gasteiger charge is 2.54. The van der Waals surface area contributed by atoms with Crippen LogP contribution < -0.4 is 28.7 Å². The molecule has 340 valence electrons. The standard InChI is InChI=1S/C47H51F5N6O6/c1-24(2)62-44-54-40-35-42(55-44)57-23-29-14-19-33(58(29)45(59)64-46(5,6)7)41(57)26(4)63-43(35)53-39(38(40)49)32-20-34(37(48)25(3)36(32)47(50,51)52)56(21-27-10-15-30(60-8)16-11-27)22-28-12-17-31(61-9)18-13-28/h10-13,15-18,20,24,26,29,33,41H,14,19,21-23H2,1-9H3/t26-,29+,33-,41+/m0/s1. The lowest BCUT2D eigenvalue weighted by atomic mass is 9.95. The Hall–Kier alpha value is -6.13. The molecule has 2 saturated heterocycles. The van der Waals surface area contributed by atoms with E-state index in [1.54, 1.807) is 99.9 Å².